The Balaban J connectivity index is 1.42. The molecule has 1 N–H and O–H groups in total. The van der Waals surface area contributed by atoms with E-state index in [0.29, 0.717) is 38.2 Å². The summed E-state index contributed by atoms with van der Waals surface area (Å²) in [6.45, 7) is 2.88. The van der Waals surface area contributed by atoms with E-state index in [9.17, 15) is 18.0 Å². The summed E-state index contributed by atoms with van der Waals surface area (Å²) in [6.07, 6.45) is -1.13. The average Bonchev–Trinajstić information content (AvgIpc) is 3.24. The zero-order valence-electron chi connectivity index (χ0n) is 17.9. The first-order valence-corrected chi connectivity index (χ1v) is 11.3. The fraction of sp³-hybridized carbons (Fsp3) is 0.696. The molecule has 1 aromatic rings. The van der Waals surface area contributed by atoms with Gasteiger partial charge < -0.3 is 15.0 Å². The number of halogens is 5. The molecule has 3 fully saturated rings. The zero-order valence-corrected chi connectivity index (χ0v) is 17.9. The number of nitrogens with zero attached hydrogens (tertiary/aromatic N) is 1. The fourth-order valence-electron chi connectivity index (χ4n) is 6.45. The van der Waals surface area contributed by atoms with Gasteiger partial charge in [-0.2, -0.15) is 22.0 Å². The van der Waals surface area contributed by atoms with Gasteiger partial charge in [-0.05, 0) is 55.7 Å². The SMILES string of the molecule is CC1C2N(Cc3cc(C(F)(F)F)ccc3C2(F)F)C(=O)[C@]12CC[C@@H](NC1CCOCC1)C2. The quantitative estimate of drug-likeness (QED) is 0.666. The van der Waals surface area contributed by atoms with Gasteiger partial charge in [-0.25, -0.2) is 0 Å². The highest BCUT2D eigenvalue weighted by atomic mass is 19.4. The lowest BCUT2D eigenvalue weighted by atomic mass is 9.72. The lowest BCUT2D eigenvalue weighted by Gasteiger charge is -2.40. The molecule has 2 saturated heterocycles. The largest absolute Gasteiger partial charge is 0.416 e. The monoisotopic (exact) mass is 458 g/mol. The van der Waals surface area contributed by atoms with Gasteiger partial charge in [0.05, 0.1) is 11.0 Å². The van der Waals surface area contributed by atoms with Crippen LogP contribution in [0.4, 0.5) is 22.0 Å². The van der Waals surface area contributed by atoms with Crippen LogP contribution in [-0.2, 0) is 28.2 Å². The number of carbonyl (C=O) groups is 1. The molecule has 4 aliphatic rings. The lowest BCUT2D eigenvalue weighted by molar-refractivity contribution is -0.146. The summed E-state index contributed by atoms with van der Waals surface area (Å²) in [7, 11) is 0. The smallest absolute Gasteiger partial charge is 0.381 e. The molecule has 4 nitrogen and oxygen atoms in total. The Labute approximate surface area is 183 Å². The normalized spacial score (nSPS) is 34.8. The van der Waals surface area contributed by atoms with Crippen LogP contribution in [0, 0.1) is 11.3 Å². The molecule has 1 aromatic carbocycles. The molecule has 1 amide bonds. The number of nitrogens with one attached hydrogen (secondary N) is 1. The van der Waals surface area contributed by atoms with E-state index in [-0.39, 0.29) is 24.1 Å². The van der Waals surface area contributed by atoms with Crippen molar-refractivity contribution in [2.75, 3.05) is 13.2 Å². The zero-order chi connectivity index (χ0) is 22.9. The molecule has 32 heavy (non-hydrogen) atoms. The molecule has 3 heterocycles. The van der Waals surface area contributed by atoms with Crippen LogP contribution in [0.25, 0.3) is 0 Å². The number of rotatable bonds is 2. The van der Waals surface area contributed by atoms with Gasteiger partial charge >= 0.3 is 6.18 Å². The average molecular weight is 458 g/mol. The first kappa shape index (κ1) is 22.1. The van der Waals surface area contributed by atoms with Gasteiger partial charge in [-0.3, -0.25) is 4.79 Å². The topological polar surface area (TPSA) is 41.6 Å². The number of fused-ring (bicyclic) bond motifs is 2. The molecular formula is C23H27F5N2O2. The van der Waals surface area contributed by atoms with Crippen molar-refractivity contribution in [1.82, 2.24) is 10.2 Å². The van der Waals surface area contributed by atoms with E-state index >= 15 is 8.78 Å². The van der Waals surface area contributed by atoms with Gasteiger partial charge in [0, 0.05) is 37.4 Å². The van der Waals surface area contributed by atoms with Crippen LogP contribution in [0.3, 0.4) is 0 Å². The summed E-state index contributed by atoms with van der Waals surface area (Å²) in [5.74, 6) is -4.33. The molecule has 0 radical (unpaired) electrons. The molecule has 2 unspecified atom stereocenters. The van der Waals surface area contributed by atoms with Crippen LogP contribution in [0.2, 0.25) is 0 Å². The van der Waals surface area contributed by atoms with Crippen molar-refractivity contribution >= 4 is 5.91 Å². The second-order valence-electron chi connectivity index (χ2n) is 9.81. The van der Waals surface area contributed by atoms with E-state index in [1.807, 2.05) is 0 Å². The van der Waals surface area contributed by atoms with E-state index in [1.165, 1.54) is 0 Å². The van der Waals surface area contributed by atoms with Gasteiger partial charge in [0.2, 0.25) is 5.91 Å². The highest BCUT2D eigenvalue weighted by Crippen LogP contribution is 2.59. The van der Waals surface area contributed by atoms with Crippen molar-refractivity contribution in [3.8, 4) is 0 Å². The van der Waals surface area contributed by atoms with Gasteiger partial charge in [0.15, 0.2) is 0 Å². The summed E-state index contributed by atoms with van der Waals surface area (Å²) in [5.41, 5.74) is -2.38. The number of amides is 1. The maximum absolute atomic E-state index is 15.6. The van der Waals surface area contributed by atoms with Crippen LogP contribution in [0.15, 0.2) is 18.2 Å². The van der Waals surface area contributed by atoms with Crippen molar-refractivity contribution in [3.05, 3.63) is 34.9 Å². The summed E-state index contributed by atoms with van der Waals surface area (Å²) in [4.78, 5) is 14.7. The van der Waals surface area contributed by atoms with Gasteiger partial charge in [-0.1, -0.05) is 13.0 Å². The number of benzene rings is 1. The molecule has 1 aliphatic carbocycles. The Hall–Kier alpha value is -1.74. The van der Waals surface area contributed by atoms with Crippen LogP contribution in [0.1, 0.15) is 55.7 Å². The molecule has 4 atom stereocenters. The number of hydrogen-bond donors (Lipinski definition) is 1. The van der Waals surface area contributed by atoms with Crippen molar-refractivity contribution in [1.29, 1.82) is 0 Å². The number of hydrogen-bond acceptors (Lipinski definition) is 3. The molecule has 3 aliphatic heterocycles. The minimum atomic E-state index is -4.63. The van der Waals surface area contributed by atoms with Crippen LogP contribution >= 0.6 is 0 Å². The molecule has 9 heteroatoms. The van der Waals surface area contributed by atoms with E-state index in [0.717, 1.165) is 36.3 Å². The number of carbonyl (C=O) groups excluding carboxylic acids is 1. The highest BCUT2D eigenvalue weighted by molar-refractivity contribution is 5.87. The number of ether oxygens (including phenoxy) is 1. The molecule has 1 saturated carbocycles. The molecule has 176 valence electrons. The third-order valence-corrected chi connectivity index (χ3v) is 8.11. The third-order valence-electron chi connectivity index (χ3n) is 8.11. The predicted molar refractivity (Wildman–Crippen MR) is 106 cm³/mol. The maximum Gasteiger partial charge on any atom is 0.416 e. The Bertz CT molecular complexity index is 914. The van der Waals surface area contributed by atoms with E-state index in [2.05, 4.69) is 5.32 Å². The van der Waals surface area contributed by atoms with Crippen molar-refractivity contribution < 1.29 is 31.5 Å². The summed E-state index contributed by atoms with van der Waals surface area (Å²) < 4.78 is 76.0. The Kier molecular flexibility index (Phi) is 5.09. The highest BCUT2D eigenvalue weighted by Gasteiger charge is 2.67. The fourth-order valence-corrected chi connectivity index (χ4v) is 6.45. The van der Waals surface area contributed by atoms with Gasteiger partial charge in [0.25, 0.3) is 5.92 Å². The van der Waals surface area contributed by atoms with E-state index in [1.54, 1.807) is 6.92 Å². The van der Waals surface area contributed by atoms with Crippen molar-refractivity contribution in [3.63, 3.8) is 0 Å². The Morgan fingerprint density at radius 2 is 1.84 bits per heavy atom. The maximum atomic E-state index is 15.6. The van der Waals surface area contributed by atoms with Crippen molar-refractivity contribution in [2.45, 2.75) is 75.8 Å². The Morgan fingerprint density at radius 3 is 2.53 bits per heavy atom. The van der Waals surface area contributed by atoms with Crippen LogP contribution < -0.4 is 5.32 Å². The second-order valence-corrected chi connectivity index (χ2v) is 9.81. The predicted octanol–water partition coefficient (Wildman–Crippen LogP) is 4.47. The van der Waals surface area contributed by atoms with Crippen LogP contribution in [-0.4, -0.2) is 42.1 Å². The third kappa shape index (κ3) is 3.26. The second kappa shape index (κ2) is 7.38. The van der Waals surface area contributed by atoms with Crippen molar-refractivity contribution in [2.24, 2.45) is 11.3 Å². The molecule has 0 bridgehead atoms. The molecule has 0 aromatic heterocycles. The molecular weight excluding hydrogens is 431 g/mol. The van der Waals surface area contributed by atoms with Crippen LogP contribution in [0.5, 0.6) is 0 Å². The van der Waals surface area contributed by atoms with Gasteiger partial charge in [-0.15, -0.1) is 0 Å². The summed E-state index contributed by atoms with van der Waals surface area (Å²) in [5, 5.41) is 3.59. The minimum Gasteiger partial charge on any atom is -0.381 e. The minimum absolute atomic E-state index is 0.0682. The first-order chi connectivity index (χ1) is 15.0. The van der Waals surface area contributed by atoms with E-state index < -0.39 is 40.6 Å². The standard InChI is InChI=1S/C23H27F5N2O2/c1-13-19-22(24,25)18-3-2-15(23(26,27)28)10-14(18)12-30(19)20(31)21(13)7-4-17(11-21)29-16-5-8-32-9-6-16/h2-3,10,13,16-17,19,29H,4-9,11-12H2,1H3/t13?,17-,19?,21+/m1/s1. The summed E-state index contributed by atoms with van der Waals surface area (Å²) >= 11 is 0. The first-order valence-electron chi connectivity index (χ1n) is 11.3. The lowest BCUT2D eigenvalue weighted by Crippen LogP contribution is -2.49. The van der Waals surface area contributed by atoms with E-state index in [4.69, 9.17) is 4.74 Å². The molecule has 5 rings (SSSR count). The molecule has 1 spiro atoms. The Morgan fingerprint density at radius 1 is 1.12 bits per heavy atom. The summed E-state index contributed by atoms with van der Waals surface area (Å²) in [6, 6.07) is 1.40. The number of alkyl halides is 5. The van der Waals surface area contributed by atoms with Gasteiger partial charge in [0.1, 0.15) is 6.04 Å².